The first kappa shape index (κ1) is 31.8. The minimum absolute atomic E-state index is 0.0530. The van der Waals surface area contributed by atoms with Gasteiger partial charge in [0.2, 0.25) is 5.66 Å². The molecule has 3 aromatic rings. The van der Waals surface area contributed by atoms with Crippen molar-refractivity contribution in [3.63, 3.8) is 0 Å². The van der Waals surface area contributed by atoms with Crippen molar-refractivity contribution < 1.29 is 33.4 Å². The molecule has 0 bridgehead atoms. The average Bonchev–Trinajstić information content (AvgIpc) is 3.39. The summed E-state index contributed by atoms with van der Waals surface area (Å²) in [6.07, 6.45) is 1.82. The number of benzene rings is 1. The second-order valence-corrected chi connectivity index (χ2v) is 11.2. The fourth-order valence-corrected chi connectivity index (χ4v) is 3.66. The van der Waals surface area contributed by atoms with E-state index in [1.165, 1.54) is 11.8 Å². The Hall–Kier alpha value is -4.68. The van der Waals surface area contributed by atoms with Crippen LogP contribution in [0.4, 0.5) is 15.4 Å². The monoisotopic (exact) mass is 582 g/mol. The Kier molecular flexibility index (Phi) is 10.5. The fraction of sp³-hybridized carbons (Fsp3) is 0.448. The van der Waals surface area contributed by atoms with E-state index in [0.29, 0.717) is 11.2 Å². The summed E-state index contributed by atoms with van der Waals surface area (Å²) in [5, 5.41) is 12.4. The highest BCUT2D eigenvalue weighted by Gasteiger charge is 2.39. The SMILES string of the molecule is CC(C)COC(=O)N[C@](C)(NC(=O)c1ccc2[nH]ncc2c1)C(=O)OCCCN(C(=O)OC(C)(C)C)c1ccccn1. The minimum Gasteiger partial charge on any atom is -0.462 e. The number of amides is 3. The summed E-state index contributed by atoms with van der Waals surface area (Å²) in [5.74, 6) is -1.13. The maximum atomic E-state index is 13.3. The number of carbonyl (C=O) groups excluding carboxylic acids is 4. The van der Waals surface area contributed by atoms with Crippen LogP contribution in [-0.4, -0.2) is 70.3 Å². The van der Waals surface area contributed by atoms with Crippen LogP contribution in [0.1, 0.15) is 58.3 Å². The second-order valence-electron chi connectivity index (χ2n) is 11.2. The van der Waals surface area contributed by atoms with Gasteiger partial charge in [0.25, 0.3) is 5.91 Å². The predicted molar refractivity (Wildman–Crippen MR) is 155 cm³/mol. The molecule has 3 N–H and O–H groups in total. The van der Waals surface area contributed by atoms with Crippen molar-refractivity contribution in [1.29, 1.82) is 0 Å². The van der Waals surface area contributed by atoms with Crippen LogP contribution in [0.15, 0.2) is 48.8 Å². The van der Waals surface area contributed by atoms with Crippen LogP contribution in [0.3, 0.4) is 0 Å². The van der Waals surface area contributed by atoms with E-state index >= 15 is 0 Å². The third-order valence-corrected chi connectivity index (χ3v) is 5.67. The number of aromatic nitrogens is 3. The van der Waals surface area contributed by atoms with Gasteiger partial charge in [0.15, 0.2) is 0 Å². The van der Waals surface area contributed by atoms with Crippen LogP contribution in [0, 0.1) is 5.92 Å². The third kappa shape index (κ3) is 9.18. The number of anilines is 1. The highest BCUT2D eigenvalue weighted by molar-refractivity contribution is 6.01. The number of rotatable bonds is 11. The van der Waals surface area contributed by atoms with Crippen LogP contribution < -0.4 is 15.5 Å². The molecule has 0 aliphatic heterocycles. The lowest BCUT2D eigenvalue weighted by Gasteiger charge is -2.30. The molecule has 3 rings (SSSR count). The molecule has 3 amide bonds. The molecule has 0 saturated carbocycles. The van der Waals surface area contributed by atoms with Crippen LogP contribution in [0.2, 0.25) is 0 Å². The van der Waals surface area contributed by atoms with Crippen molar-refractivity contribution in [2.24, 2.45) is 5.92 Å². The smallest absolute Gasteiger partial charge is 0.416 e. The molecule has 0 saturated heterocycles. The molecule has 0 unspecified atom stereocenters. The summed E-state index contributed by atoms with van der Waals surface area (Å²) in [6.45, 7) is 10.4. The number of pyridine rings is 1. The number of nitrogens with one attached hydrogen (secondary N) is 3. The number of H-pyrrole nitrogens is 1. The summed E-state index contributed by atoms with van der Waals surface area (Å²) < 4.78 is 16.1. The lowest BCUT2D eigenvalue weighted by Crippen LogP contribution is -2.64. The van der Waals surface area contributed by atoms with Crippen molar-refractivity contribution in [1.82, 2.24) is 25.8 Å². The van der Waals surface area contributed by atoms with Crippen molar-refractivity contribution in [3.8, 4) is 0 Å². The van der Waals surface area contributed by atoms with E-state index in [4.69, 9.17) is 14.2 Å². The minimum atomic E-state index is -1.97. The summed E-state index contributed by atoms with van der Waals surface area (Å²) in [6, 6.07) is 9.95. The third-order valence-electron chi connectivity index (χ3n) is 5.67. The maximum Gasteiger partial charge on any atom is 0.416 e. The maximum absolute atomic E-state index is 13.3. The molecule has 0 aliphatic carbocycles. The molecule has 13 nitrogen and oxygen atoms in total. The first-order valence-electron chi connectivity index (χ1n) is 13.6. The first-order valence-corrected chi connectivity index (χ1v) is 13.6. The van der Waals surface area contributed by atoms with Crippen LogP contribution >= 0.6 is 0 Å². The predicted octanol–water partition coefficient (Wildman–Crippen LogP) is 4.16. The number of carbonyl (C=O) groups is 4. The lowest BCUT2D eigenvalue weighted by atomic mass is 10.1. The number of nitrogens with zero attached hydrogens (tertiary/aromatic N) is 3. The average molecular weight is 583 g/mol. The zero-order valence-corrected chi connectivity index (χ0v) is 24.7. The molecule has 226 valence electrons. The molecular formula is C29H38N6O7. The summed E-state index contributed by atoms with van der Waals surface area (Å²) in [4.78, 5) is 57.3. The molecular weight excluding hydrogens is 544 g/mol. The van der Waals surface area contributed by atoms with Gasteiger partial charge < -0.3 is 19.5 Å². The zero-order chi connectivity index (χ0) is 30.9. The number of esters is 1. The molecule has 0 spiro atoms. The Bertz CT molecular complexity index is 1390. The number of ether oxygens (including phenoxy) is 3. The number of hydrogen-bond acceptors (Lipinski definition) is 9. The van der Waals surface area contributed by atoms with E-state index in [0.717, 1.165) is 5.52 Å². The molecule has 2 heterocycles. The van der Waals surface area contributed by atoms with Gasteiger partial charge in [-0.15, -0.1) is 0 Å². The normalized spacial score (nSPS) is 12.7. The van der Waals surface area contributed by atoms with E-state index in [9.17, 15) is 19.2 Å². The van der Waals surface area contributed by atoms with Gasteiger partial charge in [0.1, 0.15) is 11.4 Å². The van der Waals surface area contributed by atoms with E-state index < -0.39 is 35.3 Å². The largest absolute Gasteiger partial charge is 0.462 e. The Labute approximate surface area is 244 Å². The van der Waals surface area contributed by atoms with Crippen molar-refractivity contribution >= 4 is 40.8 Å². The highest BCUT2D eigenvalue weighted by atomic mass is 16.6. The van der Waals surface area contributed by atoms with Crippen molar-refractivity contribution in [2.75, 3.05) is 24.7 Å². The molecule has 2 aromatic heterocycles. The lowest BCUT2D eigenvalue weighted by molar-refractivity contribution is -0.152. The van der Waals surface area contributed by atoms with Crippen LogP contribution in [0.25, 0.3) is 10.9 Å². The molecule has 0 aliphatic rings. The van der Waals surface area contributed by atoms with Crippen LogP contribution in [0.5, 0.6) is 0 Å². The van der Waals surface area contributed by atoms with Gasteiger partial charge in [0, 0.05) is 23.7 Å². The number of fused-ring (bicyclic) bond motifs is 1. The number of aromatic amines is 1. The van der Waals surface area contributed by atoms with E-state index in [2.05, 4.69) is 25.8 Å². The van der Waals surface area contributed by atoms with Gasteiger partial charge in [-0.3, -0.25) is 20.1 Å². The molecule has 0 fully saturated rings. The molecule has 13 heteroatoms. The molecule has 42 heavy (non-hydrogen) atoms. The van der Waals surface area contributed by atoms with Gasteiger partial charge in [-0.05, 0) is 70.4 Å². The van der Waals surface area contributed by atoms with E-state index in [1.807, 2.05) is 13.8 Å². The van der Waals surface area contributed by atoms with Gasteiger partial charge >= 0.3 is 18.2 Å². The number of hydrogen-bond donors (Lipinski definition) is 3. The Morgan fingerprint density at radius 1 is 1.02 bits per heavy atom. The first-order chi connectivity index (χ1) is 19.8. The van der Waals surface area contributed by atoms with Gasteiger partial charge in [0.05, 0.1) is 24.9 Å². The summed E-state index contributed by atoms with van der Waals surface area (Å²) in [7, 11) is 0. The fourth-order valence-electron chi connectivity index (χ4n) is 3.66. The Morgan fingerprint density at radius 2 is 1.79 bits per heavy atom. The van der Waals surface area contributed by atoms with Crippen LogP contribution in [-0.2, 0) is 19.0 Å². The summed E-state index contributed by atoms with van der Waals surface area (Å²) >= 11 is 0. The molecule has 0 radical (unpaired) electrons. The quantitative estimate of drug-likeness (QED) is 0.130. The van der Waals surface area contributed by atoms with Gasteiger partial charge in [-0.25, -0.2) is 19.4 Å². The van der Waals surface area contributed by atoms with Gasteiger partial charge in [-0.1, -0.05) is 19.9 Å². The second kappa shape index (κ2) is 13.8. The number of alkyl carbamates (subject to hydrolysis) is 1. The Morgan fingerprint density at radius 3 is 2.45 bits per heavy atom. The topological polar surface area (TPSA) is 165 Å². The van der Waals surface area contributed by atoms with Crippen molar-refractivity contribution in [3.05, 3.63) is 54.4 Å². The van der Waals surface area contributed by atoms with Crippen molar-refractivity contribution in [2.45, 2.75) is 59.2 Å². The highest BCUT2D eigenvalue weighted by Crippen LogP contribution is 2.17. The molecule has 1 atom stereocenters. The standard InChI is InChI=1S/C29H38N6O7/c1-19(2)18-41-26(38)33-29(6,32-24(36)20-11-12-22-21(16-20)17-31-34-22)25(37)40-15-9-14-35(23-10-7-8-13-30-23)27(39)42-28(3,4)5/h7-8,10-13,16-17,19H,9,14-15,18H2,1-6H3,(H,31,34)(H,32,36)(H,33,38)/t29-/m0/s1. The van der Waals surface area contributed by atoms with E-state index in [-0.39, 0.29) is 37.7 Å². The zero-order valence-electron chi connectivity index (χ0n) is 24.7. The molecule has 1 aromatic carbocycles. The summed E-state index contributed by atoms with van der Waals surface area (Å²) in [5.41, 5.74) is -1.73. The van der Waals surface area contributed by atoms with E-state index in [1.54, 1.807) is 69.6 Å². The Balaban J connectivity index is 1.70. The van der Waals surface area contributed by atoms with Gasteiger partial charge in [-0.2, -0.15) is 5.10 Å².